The SMILES string of the molecule is COCCNS(=O)(=O)c1cc(C)cc(N)c1OC. The zero-order valence-electron chi connectivity index (χ0n) is 10.7. The second-order valence-electron chi connectivity index (χ2n) is 3.78. The summed E-state index contributed by atoms with van der Waals surface area (Å²) in [5.41, 5.74) is 6.79. The van der Waals surface area contributed by atoms with E-state index in [-0.39, 0.29) is 17.2 Å². The molecule has 6 nitrogen and oxygen atoms in total. The molecule has 0 bridgehead atoms. The molecule has 0 spiro atoms. The van der Waals surface area contributed by atoms with Crippen LogP contribution in [0.2, 0.25) is 0 Å². The third kappa shape index (κ3) is 3.34. The molecule has 1 aromatic carbocycles. The quantitative estimate of drug-likeness (QED) is 0.582. The molecule has 0 aliphatic rings. The number of hydrogen-bond donors (Lipinski definition) is 2. The Bertz CT molecular complexity index is 514. The second kappa shape index (κ2) is 6.03. The number of nitrogens with one attached hydrogen (secondary N) is 1. The molecular formula is C11H18N2O4S. The van der Waals surface area contributed by atoms with Crippen LogP contribution >= 0.6 is 0 Å². The maximum Gasteiger partial charge on any atom is 0.244 e. The Balaban J connectivity index is 3.14. The van der Waals surface area contributed by atoms with E-state index in [1.807, 2.05) is 0 Å². The van der Waals surface area contributed by atoms with Crippen molar-refractivity contribution in [1.29, 1.82) is 0 Å². The van der Waals surface area contributed by atoms with Gasteiger partial charge >= 0.3 is 0 Å². The van der Waals surface area contributed by atoms with Crippen LogP contribution in [0.3, 0.4) is 0 Å². The van der Waals surface area contributed by atoms with Crippen molar-refractivity contribution in [2.45, 2.75) is 11.8 Å². The van der Waals surface area contributed by atoms with Crippen LogP contribution in [-0.4, -0.2) is 35.8 Å². The number of hydrogen-bond acceptors (Lipinski definition) is 5. The molecule has 7 heteroatoms. The van der Waals surface area contributed by atoms with E-state index in [0.29, 0.717) is 12.3 Å². The van der Waals surface area contributed by atoms with E-state index in [0.717, 1.165) is 5.56 Å². The van der Waals surface area contributed by atoms with Gasteiger partial charge in [0.25, 0.3) is 0 Å². The molecular weight excluding hydrogens is 256 g/mol. The van der Waals surface area contributed by atoms with E-state index in [4.69, 9.17) is 15.2 Å². The summed E-state index contributed by atoms with van der Waals surface area (Å²) in [7, 11) is -0.772. The number of aryl methyl sites for hydroxylation is 1. The molecule has 0 aromatic heterocycles. The summed E-state index contributed by atoms with van der Waals surface area (Å²) in [4.78, 5) is 0.0404. The van der Waals surface area contributed by atoms with Crippen molar-refractivity contribution in [3.8, 4) is 5.75 Å². The average molecular weight is 274 g/mol. The first kappa shape index (κ1) is 14.7. The maximum absolute atomic E-state index is 12.1. The van der Waals surface area contributed by atoms with Crippen LogP contribution in [0.4, 0.5) is 5.69 Å². The third-order valence-corrected chi connectivity index (χ3v) is 3.79. The average Bonchev–Trinajstić information content (AvgIpc) is 2.28. The minimum absolute atomic E-state index is 0.0404. The number of ether oxygens (including phenoxy) is 2. The summed E-state index contributed by atoms with van der Waals surface area (Å²) in [6.45, 7) is 2.25. The summed E-state index contributed by atoms with van der Waals surface area (Å²) in [5, 5.41) is 0. The molecule has 0 aliphatic heterocycles. The fraction of sp³-hybridized carbons (Fsp3) is 0.455. The lowest BCUT2D eigenvalue weighted by Gasteiger charge is -2.13. The van der Waals surface area contributed by atoms with Gasteiger partial charge in [0, 0.05) is 13.7 Å². The molecule has 18 heavy (non-hydrogen) atoms. The molecule has 1 aromatic rings. The normalized spacial score (nSPS) is 11.5. The summed E-state index contributed by atoms with van der Waals surface area (Å²) in [6.07, 6.45) is 0. The van der Waals surface area contributed by atoms with Crippen LogP contribution in [-0.2, 0) is 14.8 Å². The molecule has 102 valence electrons. The van der Waals surface area contributed by atoms with Crippen molar-refractivity contribution in [2.75, 3.05) is 33.1 Å². The van der Waals surface area contributed by atoms with Crippen LogP contribution in [0, 0.1) is 6.92 Å². The van der Waals surface area contributed by atoms with Crippen molar-refractivity contribution in [2.24, 2.45) is 0 Å². The van der Waals surface area contributed by atoms with E-state index < -0.39 is 10.0 Å². The number of rotatable bonds is 6. The van der Waals surface area contributed by atoms with Gasteiger partial charge in [-0.1, -0.05) is 0 Å². The van der Waals surface area contributed by atoms with Crippen LogP contribution in [0.25, 0.3) is 0 Å². The Morgan fingerprint density at radius 3 is 2.56 bits per heavy atom. The largest absolute Gasteiger partial charge is 0.493 e. The summed E-state index contributed by atoms with van der Waals surface area (Å²) >= 11 is 0. The molecule has 0 aliphatic carbocycles. The smallest absolute Gasteiger partial charge is 0.244 e. The highest BCUT2D eigenvalue weighted by atomic mass is 32.2. The van der Waals surface area contributed by atoms with Gasteiger partial charge in [-0.3, -0.25) is 0 Å². The monoisotopic (exact) mass is 274 g/mol. The Morgan fingerprint density at radius 2 is 2.00 bits per heavy atom. The van der Waals surface area contributed by atoms with Crippen molar-refractivity contribution < 1.29 is 17.9 Å². The topological polar surface area (TPSA) is 90.7 Å². The standard InChI is InChI=1S/C11H18N2O4S/c1-8-6-9(12)11(17-3)10(7-8)18(14,15)13-4-5-16-2/h6-7,13H,4-5,12H2,1-3H3. The first-order valence-electron chi connectivity index (χ1n) is 5.35. The highest BCUT2D eigenvalue weighted by molar-refractivity contribution is 7.89. The molecule has 1 rings (SSSR count). The lowest BCUT2D eigenvalue weighted by molar-refractivity contribution is 0.204. The number of methoxy groups -OCH3 is 2. The predicted molar refractivity (Wildman–Crippen MR) is 69.2 cm³/mol. The third-order valence-electron chi connectivity index (χ3n) is 2.32. The van der Waals surface area contributed by atoms with E-state index >= 15 is 0 Å². The summed E-state index contributed by atoms with van der Waals surface area (Å²) in [6, 6.07) is 3.18. The molecule has 0 amide bonds. The number of benzene rings is 1. The van der Waals surface area contributed by atoms with Crippen molar-refractivity contribution in [3.63, 3.8) is 0 Å². The van der Waals surface area contributed by atoms with Gasteiger partial charge in [-0.05, 0) is 24.6 Å². The number of nitrogen functional groups attached to an aromatic ring is 1. The number of nitrogens with two attached hydrogens (primary N) is 1. The first-order valence-corrected chi connectivity index (χ1v) is 6.83. The van der Waals surface area contributed by atoms with E-state index in [9.17, 15) is 8.42 Å². The fourth-order valence-corrected chi connectivity index (χ4v) is 2.83. The van der Waals surface area contributed by atoms with Crippen LogP contribution in [0.15, 0.2) is 17.0 Å². The van der Waals surface area contributed by atoms with E-state index in [1.54, 1.807) is 13.0 Å². The molecule has 0 saturated carbocycles. The zero-order valence-corrected chi connectivity index (χ0v) is 11.5. The van der Waals surface area contributed by atoms with Gasteiger partial charge in [0.05, 0.1) is 19.4 Å². The van der Waals surface area contributed by atoms with Gasteiger partial charge in [-0.15, -0.1) is 0 Å². The molecule has 0 atom stereocenters. The Hall–Kier alpha value is -1.31. The van der Waals surface area contributed by atoms with Gasteiger partial charge in [0.15, 0.2) is 5.75 Å². The number of sulfonamides is 1. The van der Waals surface area contributed by atoms with Gasteiger partial charge in [0.1, 0.15) is 4.90 Å². The van der Waals surface area contributed by atoms with E-state index in [2.05, 4.69) is 4.72 Å². The maximum atomic E-state index is 12.1. The van der Waals surface area contributed by atoms with Gasteiger partial charge in [-0.25, -0.2) is 13.1 Å². The predicted octanol–water partition coefficient (Wildman–Crippen LogP) is 0.511. The highest BCUT2D eigenvalue weighted by Gasteiger charge is 2.21. The fourth-order valence-electron chi connectivity index (χ4n) is 1.54. The Morgan fingerprint density at radius 1 is 1.33 bits per heavy atom. The van der Waals surface area contributed by atoms with Crippen molar-refractivity contribution >= 4 is 15.7 Å². The Kier molecular flexibility index (Phi) is 4.94. The van der Waals surface area contributed by atoms with E-state index in [1.165, 1.54) is 20.3 Å². The molecule has 0 unspecified atom stereocenters. The highest BCUT2D eigenvalue weighted by Crippen LogP contribution is 2.31. The first-order chi connectivity index (χ1) is 8.42. The lowest BCUT2D eigenvalue weighted by Crippen LogP contribution is -2.27. The molecule has 0 heterocycles. The van der Waals surface area contributed by atoms with Gasteiger partial charge < -0.3 is 15.2 Å². The minimum Gasteiger partial charge on any atom is -0.493 e. The zero-order chi connectivity index (χ0) is 13.8. The number of anilines is 1. The molecule has 0 saturated heterocycles. The van der Waals surface area contributed by atoms with Crippen LogP contribution in [0.1, 0.15) is 5.56 Å². The molecule has 0 fully saturated rings. The van der Waals surface area contributed by atoms with Gasteiger partial charge in [-0.2, -0.15) is 0 Å². The minimum atomic E-state index is -3.66. The molecule has 3 N–H and O–H groups in total. The van der Waals surface area contributed by atoms with Crippen LogP contribution in [0.5, 0.6) is 5.75 Å². The van der Waals surface area contributed by atoms with Crippen molar-refractivity contribution in [3.05, 3.63) is 17.7 Å². The summed E-state index contributed by atoms with van der Waals surface area (Å²) in [5.74, 6) is 0.158. The second-order valence-corrected chi connectivity index (χ2v) is 5.51. The van der Waals surface area contributed by atoms with Gasteiger partial charge in [0.2, 0.25) is 10.0 Å². The van der Waals surface area contributed by atoms with Crippen LogP contribution < -0.4 is 15.2 Å². The van der Waals surface area contributed by atoms with Crippen molar-refractivity contribution in [1.82, 2.24) is 4.72 Å². The summed E-state index contributed by atoms with van der Waals surface area (Å²) < 4.78 is 36.4. The molecule has 0 radical (unpaired) electrons. The Labute approximate surface area is 107 Å². The lowest BCUT2D eigenvalue weighted by atomic mass is 10.2.